The van der Waals surface area contributed by atoms with Crippen molar-refractivity contribution in [3.05, 3.63) is 12.2 Å². The van der Waals surface area contributed by atoms with Crippen LogP contribution >= 0.6 is 0 Å². The van der Waals surface area contributed by atoms with Crippen molar-refractivity contribution in [3.63, 3.8) is 0 Å². The Balaban J connectivity index is 2.61. The Bertz CT molecular complexity index is 121. The van der Waals surface area contributed by atoms with Crippen LogP contribution in [0.5, 0.6) is 0 Å². The largest absolute Gasteiger partial charge is 0.322 e. The maximum Gasteiger partial charge on any atom is 0.0363 e. The van der Waals surface area contributed by atoms with Crippen LogP contribution in [0.25, 0.3) is 0 Å². The highest BCUT2D eigenvalue weighted by Crippen LogP contribution is 2.31. The Morgan fingerprint density at radius 3 is 2.11 bits per heavy atom. The summed E-state index contributed by atoms with van der Waals surface area (Å²) < 4.78 is 0. The molecule has 1 fully saturated rings. The highest BCUT2D eigenvalue weighted by atomic mass is 14.7. The summed E-state index contributed by atoms with van der Waals surface area (Å²) in [5, 5.41) is 0. The quantitative estimate of drug-likeness (QED) is 0.532. The van der Waals surface area contributed by atoms with Crippen molar-refractivity contribution in [2.45, 2.75) is 38.1 Å². The van der Waals surface area contributed by atoms with Crippen LogP contribution in [0.2, 0.25) is 0 Å². The van der Waals surface area contributed by atoms with Gasteiger partial charge in [0, 0.05) is 5.54 Å². The summed E-state index contributed by atoms with van der Waals surface area (Å²) in [6.45, 7) is 5.92. The predicted octanol–water partition coefficient (Wildman–Crippen LogP) is 1.83. The topological polar surface area (TPSA) is 26.0 Å². The molecule has 0 unspecified atom stereocenters. The molecule has 1 aliphatic carbocycles. The predicted molar refractivity (Wildman–Crippen MR) is 40.2 cm³/mol. The lowest BCUT2D eigenvalue weighted by Crippen LogP contribution is -2.36. The van der Waals surface area contributed by atoms with Crippen molar-refractivity contribution >= 4 is 0 Å². The van der Waals surface area contributed by atoms with Gasteiger partial charge < -0.3 is 5.73 Å². The first-order valence-corrected chi connectivity index (χ1v) is 3.60. The highest BCUT2D eigenvalue weighted by Gasteiger charge is 2.29. The fourth-order valence-electron chi connectivity index (χ4n) is 1.43. The smallest absolute Gasteiger partial charge is 0.0363 e. The molecule has 0 saturated heterocycles. The molecule has 9 heavy (non-hydrogen) atoms. The van der Waals surface area contributed by atoms with E-state index in [1.54, 1.807) is 0 Å². The van der Waals surface area contributed by atoms with Crippen molar-refractivity contribution < 1.29 is 0 Å². The van der Waals surface area contributed by atoms with Gasteiger partial charge in [0.25, 0.3) is 0 Å². The average Bonchev–Trinajstić information content (AvgIpc) is 2.16. The van der Waals surface area contributed by atoms with E-state index in [-0.39, 0.29) is 5.54 Å². The van der Waals surface area contributed by atoms with Crippen LogP contribution < -0.4 is 5.73 Å². The molecule has 0 aromatic heterocycles. The lowest BCUT2D eigenvalue weighted by Gasteiger charge is -2.23. The normalized spacial score (nSPS) is 24.2. The third-order valence-electron chi connectivity index (χ3n) is 2.35. The van der Waals surface area contributed by atoms with E-state index in [0.717, 1.165) is 18.4 Å². The van der Waals surface area contributed by atoms with Crippen molar-refractivity contribution in [2.24, 2.45) is 5.73 Å². The minimum atomic E-state index is 0.000000000000000222. The van der Waals surface area contributed by atoms with Gasteiger partial charge in [-0.15, -0.1) is 0 Å². The van der Waals surface area contributed by atoms with Gasteiger partial charge >= 0.3 is 0 Å². The van der Waals surface area contributed by atoms with Crippen LogP contribution in [-0.2, 0) is 0 Å². The zero-order valence-corrected chi connectivity index (χ0v) is 6.11. The first kappa shape index (κ1) is 6.81. The zero-order valence-electron chi connectivity index (χ0n) is 6.11. The SMILES string of the molecule is C=C(C)C1(N)CCCC1. The second kappa shape index (κ2) is 2.14. The number of rotatable bonds is 1. The number of hydrogen-bond acceptors (Lipinski definition) is 1. The van der Waals surface area contributed by atoms with E-state index in [1.165, 1.54) is 12.8 Å². The molecule has 1 heteroatoms. The molecule has 1 aliphatic rings. The van der Waals surface area contributed by atoms with Crippen LogP contribution in [0.1, 0.15) is 32.6 Å². The van der Waals surface area contributed by atoms with Gasteiger partial charge in [-0.3, -0.25) is 0 Å². The minimum absolute atomic E-state index is 0.000000000000000222. The standard InChI is InChI=1S/C8H15N/c1-7(2)8(9)5-3-4-6-8/h1,3-6,9H2,2H3. The Labute approximate surface area is 56.9 Å². The van der Waals surface area contributed by atoms with E-state index >= 15 is 0 Å². The van der Waals surface area contributed by atoms with Gasteiger partial charge in [-0.25, -0.2) is 0 Å². The number of hydrogen-bond donors (Lipinski definition) is 1. The summed E-state index contributed by atoms with van der Waals surface area (Å²) in [5.41, 5.74) is 7.16. The molecule has 0 bridgehead atoms. The summed E-state index contributed by atoms with van der Waals surface area (Å²) in [7, 11) is 0. The Morgan fingerprint density at radius 1 is 1.44 bits per heavy atom. The zero-order chi connectivity index (χ0) is 6.91. The van der Waals surface area contributed by atoms with E-state index in [0.29, 0.717) is 0 Å². The summed E-state index contributed by atoms with van der Waals surface area (Å²) in [6.07, 6.45) is 4.84. The second-order valence-electron chi connectivity index (χ2n) is 3.14. The lowest BCUT2D eigenvalue weighted by molar-refractivity contribution is 0.518. The summed E-state index contributed by atoms with van der Waals surface area (Å²) in [6, 6.07) is 0. The molecule has 0 aromatic rings. The van der Waals surface area contributed by atoms with E-state index in [4.69, 9.17) is 5.73 Å². The molecule has 0 radical (unpaired) electrons. The molecule has 0 heterocycles. The van der Waals surface area contributed by atoms with Crippen LogP contribution in [0, 0.1) is 0 Å². The Hall–Kier alpha value is -0.300. The molecule has 1 rings (SSSR count). The maximum atomic E-state index is 6.00. The van der Waals surface area contributed by atoms with E-state index in [1.807, 2.05) is 6.92 Å². The first-order chi connectivity index (χ1) is 4.15. The van der Waals surface area contributed by atoms with Gasteiger partial charge in [-0.05, 0) is 19.8 Å². The van der Waals surface area contributed by atoms with Crippen LogP contribution in [0.3, 0.4) is 0 Å². The molecular weight excluding hydrogens is 110 g/mol. The third-order valence-corrected chi connectivity index (χ3v) is 2.35. The Kier molecular flexibility index (Phi) is 1.62. The summed E-state index contributed by atoms with van der Waals surface area (Å²) >= 11 is 0. The molecule has 0 amide bonds. The van der Waals surface area contributed by atoms with Gasteiger partial charge in [0.15, 0.2) is 0 Å². The highest BCUT2D eigenvalue weighted by molar-refractivity contribution is 5.14. The van der Waals surface area contributed by atoms with Crippen LogP contribution in [0.4, 0.5) is 0 Å². The van der Waals surface area contributed by atoms with Crippen molar-refractivity contribution in [1.29, 1.82) is 0 Å². The molecule has 1 nitrogen and oxygen atoms in total. The van der Waals surface area contributed by atoms with E-state index < -0.39 is 0 Å². The van der Waals surface area contributed by atoms with Gasteiger partial charge in [0.05, 0.1) is 0 Å². The minimum Gasteiger partial charge on any atom is -0.322 e. The fraction of sp³-hybridized carbons (Fsp3) is 0.750. The number of nitrogens with two attached hydrogens (primary N) is 1. The monoisotopic (exact) mass is 125 g/mol. The molecule has 2 N–H and O–H groups in total. The molecule has 0 aromatic carbocycles. The molecular formula is C8H15N. The lowest BCUT2D eigenvalue weighted by atomic mass is 9.92. The van der Waals surface area contributed by atoms with Crippen molar-refractivity contribution in [1.82, 2.24) is 0 Å². The molecule has 52 valence electrons. The summed E-state index contributed by atoms with van der Waals surface area (Å²) in [5.74, 6) is 0. The van der Waals surface area contributed by atoms with Gasteiger partial charge in [-0.1, -0.05) is 25.0 Å². The molecule has 1 saturated carbocycles. The van der Waals surface area contributed by atoms with Crippen LogP contribution in [-0.4, -0.2) is 5.54 Å². The first-order valence-electron chi connectivity index (χ1n) is 3.60. The van der Waals surface area contributed by atoms with Gasteiger partial charge in [0.2, 0.25) is 0 Å². The van der Waals surface area contributed by atoms with E-state index in [9.17, 15) is 0 Å². The van der Waals surface area contributed by atoms with Gasteiger partial charge in [0.1, 0.15) is 0 Å². The van der Waals surface area contributed by atoms with Crippen molar-refractivity contribution in [3.8, 4) is 0 Å². The van der Waals surface area contributed by atoms with E-state index in [2.05, 4.69) is 6.58 Å². The molecule has 0 atom stereocenters. The molecule has 0 aliphatic heterocycles. The van der Waals surface area contributed by atoms with Gasteiger partial charge in [-0.2, -0.15) is 0 Å². The van der Waals surface area contributed by atoms with Crippen LogP contribution in [0.15, 0.2) is 12.2 Å². The molecule has 0 spiro atoms. The van der Waals surface area contributed by atoms with Crippen molar-refractivity contribution in [2.75, 3.05) is 0 Å². The third kappa shape index (κ3) is 1.16. The fourth-order valence-corrected chi connectivity index (χ4v) is 1.43. The average molecular weight is 125 g/mol. The second-order valence-corrected chi connectivity index (χ2v) is 3.14. The summed E-state index contributed by atoms with van der Waals surface area (Å²) in [4.78, 5) is 0. The Morgan fingerprint density at radius 2 is 1.89 bits per heavy atom. The maximum absolute atomic E-state index is 6.00.